The molecule has 0 bridgehead atoms. The van der Waals surface area contributed by atoms with Crippen molar-refractivity contribution in [2.45, 2.75) is 17.8 Å². The van der Waals surface area contributed by atoms with Gasteiger partial charge in [-0.1, -0.05) is 61.7 Å². The van der Waals surface area contributed by atoms with Crippen molar-refractivity contribution in [3.05, 3.63) is 191 Å². The van der Waals surface area contributed by atoms with Crippen molar-refractivity contribution in [1.82, 2.24) is 0 Å². The second-order valence-electron chi connectivity index (χ2n) is 13.6. The molecule has 0 fully saturated rings. The van der Waals surface area contributed by atoms with Crippen LogP contribution >= 0.6 is 0 Å². The van der Waals surface area contributed by atoms with Crippen LogP contribution in [0.5, 0.6) is 23.0 Å². The highest BCUT2D eigenvalue weighted by molar-refractivity contribution is 6.12. The third kappa shape index (κ3) is 9.44. The third-order valence-electron chi connectivity index (χ3n) is 9.63. The first-order valence-corrected chi connectivity index (χ1v) is 18.4. The maximum Gasteiger partial charge on any atom is 0.411 e. The molecule has 0 aliphatic heterocycles. The average Bonchev–Trinajstić information content (AvgIpc) is 3.24. The maximum absolute atomic E-state index is 14.9. The summed E-state index contributed by atoms with van der Waals surface area (Å²) in [6.45, 7) is 7.18. The third-order valence-corrected chi connectivity index (χ3v) is 9.63. The highest BCUT2D eigenvalue weighted by Gasteiger charge is 2.72. The number of alkyl halides is 6. The van der Waals surface area contributed by atoms with Gasteiger partial charge in [0.25, 0.3) is 11.8 Å². The monoisotopic (exact) mass is 866 g/mol. The first-order chi connectivity index (χ1) is 29.8. The number of carboxylic acid groups (broad SMARTS) is 2. The summed E-state index contributed by atoms with van der Waals surface area (Å²) in [5.41, 5.74) is -6.06. The van der Waals surface area contributed by atoms with E-state index in [1.54, 1.807) is 0 Å². The van der Waals surface area contributed by atoms with Crippen molar-refractivity contribution in [2.24, 2.45) is 0 Å². The van der Waals surface area contributed by atoms with E-state index < -0.39 is 52.6 Å². The molecule has 0 radical (unpaired) electrons. The highest BCUT2D eigenvalue weighted by atomic mass is 19.4. The molecule has 63 heavy (non-hydrogen) atoms. The molecule has 6 aromatic rings. The van der Waals surface area contributed by atoms with E-state index in [2.05, 4.69) is 23.8 Å². The van der Waals surface area contributed by atoms with E-state index in [1.807, 2.05) is 0 Å². The Morgan fingerprint density at radius 3 is 1.14 bits per heavy atom. The Morgan fingerprint density at radius 1 is 0.460 bits per heavy atom. The zero-order valence-electron chi connectivity index (χ0n) is 32.4. The quantitative estimate of drug-likeness (QED) is 0.0790. The van der Waals surface area contributed by atoms with Crippen molar-refractivity contribution >= 4 is 47.3 Å². The van der Waals surface area contributed by atoms with E-state index in [1.165, 1.54) is 97.1 Å². The van der Waals surface area contributed by atoms with Crippen molar-refractivity contribution in [3.8, 4) is 23.0 Å². The van der Waals surface area contributed by atoms with Crippen LogP contribution in [0.1, 0.15) is 63.7 Å². The number of halogens is 6. The Labute approximate surface area is 354 Å². The molecule has 0 aromatic heterocycles. The number of nitrogens with one attached hydrogen (secondary N) is 2. The van der Waals surface area contributed by atoms with Gasteiger partial charge >= 0.3 is 24.3 Å². The fourth-order valence-electron chi connectivity index (χ4n) is 6.54. The summed E-state index contributed by atoms with van der Waals surface area (Å²) in [5.74, 6) is -4.11. The van der Waals surface area contributed by atoms with Crippen LogP contribution in [0.4, 0.5) is 37.7 Å². The number of hydrogen-bond donors (Lipinski definition) is 4. The summed E-state index contributed by atoms with van der Waals surface area (Å²) >= 11 is 0. The minimum absolute atomic E-state index is 0.108. The van der Waals surface area contributed by atoms with E-state index >= 15 is 0 Å². The van der Waals surface area contributed by atoms with Crippen LogP contribution < -0.4 is 20.1 Å². The van der Waals surface area contributed by atoms with Gasteiger partial charge in [0.1, 0.15) is 23.0 Å². The molecule has 4 N–H and O–H groups in total. The minimum atomic E-state index is -5.88. The molecule has 10 nitrogen and oxygen atoms in total. The number of rotatable bonds is 14. The lowest BCUT2D eigenvalue weighted by Crippen LogP contribution is -2.54. The number of carbonyl (C=O) groups excluding carboxylic acids is 2. The Morgan fingerprint density at radius 2 is 0.794 bits per heavy atom. The van der Waals surface area contributed by atoms with E-state index in [0.29, 0.717) is 35.4 Å². The fourth-order valence-corrected chi connectivity index (χ4v) is 6.54. The topological polar surface area (TPSA) is 151 Å². The zero-order valence-corrected chi connectivity index (χ0v) is 32.4. The van der Waals surface area contributed by atoms with Gasteiger partial charge in [-0.2, -0.15) is 26.3 Å². The number of hydrogen-bond acceptors (Lipinski definition) is 6. The Hall–Kier alpha value is -8.14. The van der Waals surface area contributed by atoms with Crippen LogP contribution in [-0.4, -0.2) is 46.3 Å². The molecular formula is C47H32F6N2O8. The van der Waals surface area contributed by atoms with Gasteiger partial charge in [-0.05, 0) is 119 Å². The molecule has 0 heterocycles. The fraction of sp³-hybridized carbons (Fsp3) is 0.0638. The lowest BCUT2D eigenvalue weighted by atomic mass is 9.73. The van der Waals surface area contributed by atoms with Gasteiger partial charge in [-0.25, -0.2) is 9.59 Å². The van der Waals surface area contributed by atoms with Gasteiger partial charge in [0.15, 0.2) is 0 Å². The van der Waals surface area contributed by atoms with E-state index in [-0.39, 0.29) is 56.6 Å². The Kier molecular flexibility index (Phi) is 12.6. The number of carbonyl (C=O) groups is 4. The Bertz CT molecular complexity index is 2700. The predicted molar refractivity (Wildman–Crippen MR) is 222 cm³/mol. The molecule has 16 heteroatoms. The Balaban J connectivity index is 1.16. The summed E-state index contributed by atoms with van der Waals surface area (Å²) in [6.07, 6.45) is -8.90. The van der Waals surface area contributed by atoms with Crippen molar-refractivity contribution in [2.75, 3.05) is 10.6 Å². The van der Waals surface area contributed by atoms with Crippen molar-refractivity contribution in [1.29, 1.82) is 0 Å². The smallest absolute Gasteiger partial charge is 0.411 e. The number of anilines is 2. The maximum atomic E-state index is 14.9. The van der Waals surface area contributed by atoms with E-state index in [0.717, 1.165) is 24.3 Å². The summed E-state index contributed by atoms with van der Waals surface area (Å²) in [4.78, 5) is 49.1. The normalized spacial score (nSPS) is 11.5. The van der Waals surface area contributed by atoms with E-state index in [4.69, 9.17) is 9.47 Å². The van der Waals surface area contributed by atoms with Crippen LogP contribution in [-0.2, 0) is 5.41 Å². The number of benzene rings is 6. The second kappa shape index (κ2) is 17.8. The first-order valence-electron chi connectivity index (χ1n) is 18.4. The SMILES string of the molecule is C=Cc1ccc(C(=O)Nc2ccc(Oc3ccc(C(c4ccc(Oc5ccc(NC(=O)c6cc(C=C)ccc6C(=O)O)cc5)cc4)(C(F)(F)F)C(F)(F)F)cc3)cc2)c(C(=O)O)c1. The molecule has 0 unspecified atom stereocenters. The van der Waals surface area contributed by atoms with Crippen molar-refractivity contribution in [3.63, 3.8) is 0 Å². The molecule has 0 spiro atoms. The molecule has 6 aromatic carbocycles. The lowest BCUT2D eigenvalue weighted by molar-refractivity contribution is -0.288. The van der Waals surface area contributed by atoms with E-state index in [9.17, 15) is 55.7 Å². The summed E-state index contributed by atoms with van der Waals surface area (Å²) < 4.78 is 101. The van der Waals surface area contributed by atoms with Crippen LogP contribution in [0.3, 0.4) is 0 Å². The van der Waals surface area contributed by atoms with Gasteiger partial charge in [0.05, 0.1) is 22.3 Å². The average molecular weight is 867 g/mol. The molecule has 0 aliphatic carbocycles. The van der Waals surface area contributed by atoms with Crippen LogP contribution in [0.25, 0.3) is 12.2 Å². The van der Waals surface area contributed by atoms with Gasteiger partial charge < -0.3 is 30.3 Å². The summed E-state index contributed by atoms with van der Waals surface area (Å²) in [6, 6.07) is 25.7. The van der Waals surface area contributed by atoms with Gasteiger partial charge in [0, 0.05) is 11.4 Å². The lowest BCUT2D eigenvalue weighted by Gasteiger charge is -2.38. The largest absolute Gasteiger partial charge is 0.478 e. The van der Waals surface area contributed by atoms with Crippen molar-refractivity contribution < 1.29 is 65.2 Å². The standard InChI is InChI=1S/C47H32F6N2O8/c1-3-27-6-24-38(43(58)59)39(25-27)42(57)55-32-13-21-36(22-14-32)63-34-17-9-30(10-18-34)45(46(48,49)50,47(51,52)53)29-7-15-33(16-8-29)62-35-19-11-31(12-20-35)54-41(56)37-23-5-28(4-2)26-40(37)44(60)61/h3-26H,1-2H2,(H,54,56)(H,55,57)(H,58,59)(H,60,61). The van der Waals surface area contributed by atoms with Crippen LogP contribution in [0.2, 0.25) is 0 Å². The molecular weight excluding hydrogens is 835 g/mol. The molecule has 0 saturated carbocycles. The highest BCUT2D eigenvalue weighted by Crippen LogP contribution is 2.56. The molecule has 2 amide bonds. The number of ether oxygens (including phenoxy) is 2. The summed E-state index contributed by atoms with van der Waals surface area (Å²) in [7, 11) is 0. The summed E-state index contributed by atoms with van der Waals surface area (Å²) in [5, 5.41) is 24.1. The molecule has 0 saturated heterocycles. The molecule has 0 aliphatic rings. The van der Waals surface area contributed by atoms with Gasteiger partial charge in [-0.15, -0.1) is 0 Å². The van der Waals surface area contributed by atoms with Crippen LogP contribution in [0.15, 0.2) is 147 Å². The van der Waals surface area contributed by atoms with Crippen LogP contribution in [0, 0.1) is 0 Å². The molecule has 320 valence electrons. The second-order valence-corrected chi connectivity index (χ2v) is 13.6. The minimum Gasteiger partial charge on any atom is -0.478 e. The molecule has 0 atom stereocenters. The number of aromatic carboxylic acids is 2. The van der Waals surface area contributed by atoms with Gasteiger partial charge in [-0.3, -0.25) is 9.59 Å². The van der Waals surface area contributed by atoms with Gasteiger partial charge in [0.2, 0.25) is 5.41 Å². The zero-order chi connectivity index (χ0) is 45.7. The number of amides is 2. The predicted octanol–water partition coefficient (Wildman–Crippen LogP) is 11.9. The first kappa shape index (κ1) is 44.4. The number of carboxylic acids is 2. The molecule has 6 rings (SSSR count).